The molecule has 1 heterocycles. The van der Waals surface area contributed by atoms with Gasteiger partial charge >= 0.3 is 0 Å². The smallest absolute Gasteiger partial charge is 0.243 e. The number of ether oxygens (including phenoxy) is 1. The van der Waals surface area contributed by atoms with Crippen LogP contribution in [0.25, 0.3) is 0 Å². The third-order valence-corrected chi connectivity index (χ3v) is 3.05. The quantitative estimate of drug-likeness (QED) is 0.861. The van der Waals surface area contributed by atoms with Gasteiger partial charge in [0.1, 0.15) is 10.8 Å². The Balaban J connectivity index is 2.14. The van der Waals surface area contributed by atoms with Gasteiger partial charge in [0.2, 0.25) is 11.8 Å². The first-order valence-corrected chi connectivity index (χ1v) is 7.14. The largest absolute Gasteiger partial charge is 0.437 e. The van der Waals surface area contributed by atoms with Crippen molar-refractivity contribution in [1.29, 1.82) is 0 Å². The van der Waals surface area contributed by atoms with Gasteiger partial charge in [0, 0.05) is 6.54 Å². The van der Waals surface area contributed by atoms with Gasteiger partial charge in [0.15, 0.2) is 0 Å². The van der Waals surface area contributed by atoms with Crippen LogP contribution in [-0.4, -0.2) is 16.5 Å². The summed E-state index contributed by atoms with van der Waals surface area (Å²) in [6, 6.07) is 7.88. The van der Waals surface area contributed by atoms with Gasteiger partial charge in [0.05, 0.1) is 6.20 Å². The fourth-order valence-corrected chi connectivity index (χ4v) is 1.78. The van der Waals surface area contributed by atoms with E-state index in [-0.39, 0.29) is 0 Å². The molecule has 0 atom stereocenters. The Kier molecular flexibility index (Phi) is 5.18. The minimum absolute atomic E-state index is 0.365. The van der Waals surface area contributed by atoms with Crippen molar-refractivity contribution >= 4 is 17.5 Å². The summed E-state index contributed by atoms with van der Waals surface area (Å²) in [5.74, 6) is 1.60. The Hall–Kier alpha value is -1.81. The molecule has 1 N–H and O–H groups in total. The molecule has 1 aromatic heterocycles. The van der Waals surface area contributed by atoms with Crippen LogP contribution in [0.3, 0.4) is 0 Å². The number of aromatic nitrogens is 2. The summed E-state index contributed by atoms with van der Waals surface area (Å²) in [6.45, 7) is 5.00. The van der Waals surface area contributed by atoms with Crippen LogP contribution in [0.2, 0.25) is 5.02 Å². The van der Waals surface area contributed by atoms with E-state index >= 15 is 0 Å². The number of anilines is 1. The molecule has 4 nitrogen and oxygen atoms in total. The van der Waals surface area contributed by atoms with E-state index in [2.05, 4.69) is 29.1 Å². The number of hydrogen-bond donors (Lipinski definition) is 1. The molecule has 0 aliphatic heterocycles. The van der Waals surface area contributed by atoms with Crippen LogP contribution in [0.4, 0.5) is 5.95 Å². The number of hydrogen-bond acceptors (Lipinski definition) is 4. The van der Waals surface area contributed by atoms with Crippen LogP contribution in [0, 0.1) is 0 Å². The van der Waals surface area contributed by atoms with E-state index in [0.29, 0.717) is 22.6 Å². The van der Waals surface area contributed by atoms with Crippen molar-refractivity contribution in [3.05, 3.63) is 41.0 Å². The second kappa shape index (κ2) is 7.10. The molecule has 0 unspecified atom stereocenters. The first-order valence-electron chi connectivity index (χ1n) is 6.76. The molecule has 2 rings (SSSR count). The van der Waals surface area contributed by atoms with Crippen LogP contribution < -0.4 is 10.1 Å². The predicted molar refractivity (Wildman–Crippen MR) is 81.7 cm³/mol. The fourth-order valence-electron chi connectivity index (χ4n) is 1.65. The van der Waals surface area contributed by atoms with Crippen molar-refractivity contribution in [2.75, 3.05) is 11.9 Å². The fraction of sp³-hybridized carbons (Fsp3) is 0.333. The molecular formula is C15H18ClN3O. The van der Waals surface area contributed by atoms with E-state index in [9.17, 15) is 0 Å². The molecule has 0 aliphatic carbocycles. The highest BCUT2D eigenvalue weighted by Gasteiger charge is 2.07. The van der Waals surface area contributed by atoms with Gasteiger partial charge in [-0.2, -0.15) is 4.98 Å². The molecule has 106 valence electrons. The molecule has 0 fully saturated rings. The number of aryl methyl sites for hydroxylation is 1. The Labute approximate surface area is 124 Å². The maximum Gasteiger partial charge on any atom is 0.243 e. The van der Waals surface area contributed by atoms with Gasteiger partial charge < -0.3 is 10.1 Å². The van der Waals surface area contributed by atoms with Gasteiger partial charge in [-0.05, 0) is 30.5 Å². The van der Waals surface area contributed by atoms with E-state index in [4.69, 9.17) is 16.3 Å². The van der Waals surface area contributed by atoms with Crippen LogP contribution in [-0.2, 0) is 6.42 Å². The highest BCUT2D eigenvalue weighted by Crippen LogP contribution is 2.27. The summed E-state index contributed by atoms with van der Waals surface area (Å²) in [5, 5.41) is 3.50. The number of rotatable bonds is 6. The topological polar surface area (TPSA) is 47.0 Å². The molecule has 0 bridgehead atoms. The van der Waals surface area contributed by atoms with Crippen LogP contribution in [0.5, 0.6) is 11.6 Å². The first kappa shape index (κ1) is 14.6. The standard InChI is InChI=1S/C15H18ClN3O/c1-3-9-17-15-18-10-13(16)14(19-15)20-12-7-5-11(4-2)6-8-12/h5-8,10H,3-4,9H2,1-2H3,(H,17,18,19). The zero-order valence-electron chi connectivity index (χ0n) is 11.7. The number of nitrogens with zero attached hydrogens (tertiary/aromatic N) is 2. The third kappa shape index (κ3) is 3.84. The third-order valence-electron chi connectivity index (χ3n) is 2.79. The van der Waals surface area contributed by atoms with Gasteiger partial charge in [-0.3, -0.25) is 0 Å². The molecule has 0 spiro atoms. The van der Waals surface area contributed by atoms with E-state index in [1.165, 1.54) is 5.56 Å². The minimum atomic E-state index is 0.365. The molecule has 0 amide bonds. The van der Waals surface area contributed by atoms with E-state index in [1.807, 2.05) is 24.3 Å². The lowest BCUT2D eigenvalue weighted by molar-refractivity contribution is 0.462. The summed E-state index contributed by atoms with van der Waals surface area (Å²) >= 11 is 6.06. The van der Waals surface area contributed by atoms with Crippen LogP contribution >= 0.6 is 11.6 Å². The number of halogens is 1. The normalized spacial score (nSPS) is 10.3. The van der Waals surface area contributed by atoms with Crippen molar-refractivity contribution in [3.8, 4) is 11.6 Å². The summed E-state index contributed by atoms with van der Waals surface area (Å²) in [7, 11) is 0. The molecule has 0 aliphatic rings. The average molecular weight is 292 g/mol. The molecule has 0 radical (unpaired) electrons. The van der Waals surface area contributed by atoms with Crippen LogP contribution in [0.15, 0.2) is 30.5 Å². The zero-order chi connectivity index (χ0) is 14.4. The molecule has 2 aromatic rings. The minimum Gasteiger partial charge on any atom is -0.437 e. The molecular weight excluding hydrogens is 274 g/mol. The van der Waals surface area contributed by atoms with Gasteiger partial charge in [0.25, 0.3) is 0 Å². The van der Waals surface area contributed by atoms with Crippen molar-refractivity contribution < 1.29 is 4.74 Å². The lowest BCUT2D eigenvalue weighted by Crippen LogP contribution is -2.04. The Morgan fingerprint density at radius 3 is 2.60 bits per heavy atom. The van der Waals surface area contributed by atoms with Crippen molar-refractivity contribution in [2.45, 2.75) is 26.7 Å². The Morgan fingerprint density at radius 1 is 1.20 bits per heavy atom. The molecule has 5 heteroatoms. The van der Waals surface area contributed by atoms with E-state index in [0.717, 1.165) is 19.4 Å². The van der Waals surface area contributed by atoms with Crippen molar-refractivity contribution in [1.82, 2.24) is 9.97 Å². The molecule has 0 saturated carbocycles. The van der Waals surface area contributed by atoms with Gasteiger partial charge in [-0.15, -0.1) is 0 Å². The second-order valence-corrected chi connectivity index (χ2v) is 4.78. The molecule has 1 aromatic carbocycles. The lowest BCUT2D eigenvalue weighted by atomic mass is 10.2. The van der Waals surface area contributed by atoms with Crippen molar-refractivity contribution in [2.24, 2.45) is 0 Å². The summed E-state index contributed by atoms with van der Waals surface area (Å²) in [4.78, 5) is 8.38. The maximum atomic E-state index is 6.06. The number of nitrogens with one attached hydrogen (secondary N) is 1. The van der Waals surface area contributed by atoms with Gasteiger partial charge in [-0.25, -0.2) is 4.98 Å². The maximum absolute atomic E-state index is 6.06. The summed E-state index contributed by atoms with van der Waals surface area (Å²) < 4.78 is 5.71. The van der Waals surface area contributed by atoms with Crippen molar-refractivity contribution in [3.63, 3.8) is 0 Å². The summed E-state index contributed by atoms with van der Waals surface area (Å²) in [6.07, 6.45) is 3.54. The Bertz CT molecular complexity index is 558. The first-order chi connectivity index (χ1) is 9.72. The SMILES string of the molecule is CCCNc1ncc(Cl)c(Oc2ccc(CC)cc2)n1. The predicted octanol–water partition coefficient (Wildman–Crippen LogP) is 4.31. The highest BCUT2D eigenvalue weighted by atomic mass is 35.5. The molecule has 0 saturated heterocycles. The van der Waals surface area contributed by atoms with Gasteiger partial charge in [-0.1, -0.05) is 37.6 Å². The molecule has 20 heavy (non-hydrogen) atoms. The monoisotopic (exact) mass is 291 g/mol. The Morgan fingerprint density at radius 2 is 1.95 bits per heavy atom. The summed E-state index contributed by atoms with van der Waals surface area (Å²) in [5.41, 5.74) is 1.26. The average Bonchev–Trinajstić information content (AvgIpc) is 2.49. The zero-order valence-corrected chi connectivity index (χ0v) is 12.4. The van der Waals surface area contributed by atoms with Crippen LogP contribution in [0.1, 0.15) is 25.8 Å². The number of benzene rings is 1. The van der Waals surface area contributed by atoms with E-state index in [1.54, 1.807) is 6.20 Å². The second-order valence-electron chi connectivity index (χ2n) is 4.37. The lowest BCUT2D eigenvalue weighted by Gasteiger charge is -2.09. The highest BCUT2D eigenvalue weighted by molar-refractivity contribution is 6.31. The van der Waals surface area contributed by atoms with E-state index < -0.39 is 0 Å².